The zero-order valence-electron chi connectivity index (χ0n) is 18.0. The normalized spacial score (nSPS) is 18.9. The maximum absolute atomic E-state index is 12.9. The zero-order valence-corrected chi connectivity index (χ0v) is 20.0. The lowest BCUT2D eigenvalue weighted by Crippen LogP contribution is -2.47. The summed E-state index contributed by atoms with van der Waals surface area (Å²) in [5, 5.41) is 0. The Balaban J connectivity index is 3.24. The molecular weight excluding hydrogens is 362 g/mol. The Kier molecular flexibility index (Phi) is 9.05. The first kappa shape index (κ1) is 23.4. The van der Waals surface area contributed by atoms with Gasteiger partial charge in [-0.05, 0) is 71.9 Å². The minimum absolute atomic E-state index is 0.183. The summed E-state index contributed by atoms with van der Waals surface area (Å²) < 4.78 is 17.6. The number of hydrogen-bond donors (Lipinski definition) is 1. The molecule has 0 saturated heterocycles. The number of nitrogens with one attached hydrogen (secondary N) is 1. The fraction of sp³-hybridized carbons (Fsp3) is 0.842. The zero-order chi connectivity index (χ0) is 20.0. The van der Waals surface area contributed by atoms with Gasteiger partial charge < -0.3 is 13.7 Å². The van der Waals surface area contributed by atoms with E-state index in [4.69, 9.17) is 13.7 Å². The number of esters is 1. The molecule has 0 radical (unpaired) electrons. The van der Waals surface area contributed by atoms with Gasteiger partial charge in [-0.1, -0.05) is 19.3 Å². The molecule has 0 aromatic heterocycles. The van der Waals surface area contributed by atoms with Crippen LogP contribution in [0.1, 0.15) is 46.0 Å². The van der Waals surface area contributed by atoms with Gasteiger partial charge in [-0.3, -0.25) is 0 Å². The van der Waals surface area contributed by atoms with Crippen LogP contribution >= 0.6 is 0 Å². The first-order valence-corrected chi connectivity index (χ1v) is 16.8. The molecule has 0 aromatic rings. The van der Waals surface area contributed by atoms with Crippen molar-refractivity contribution in [1.29, 1.82) is 0 Å². The monoisotopic (exact) mass is 401 g/mol. The van der Waals surface area contributed by atoms with Gasteiger partial charge in [0, 0.05) is 0 Å². The summed E-state index contributed by atoms with van der Waals surface area (Å²) in [6.45, 7) is 16.9. The van der Waals surface area contributed by atoms with Crippen LogP contribution in [0, 0.1) is 5.92 Å². The number of ether oxygens (including phenoxy) is 1. The summed E-state index contributed by atoms with van der Waals surface area (Å²) in [6.07, 6.45) is 5.84. The van der Waals surface area contributed by atoms with Crippen molar-refractivity contribution in [1.82, 2.24) is 5.48 Å². The Morgan fingerprint density at radius 3 is 2.08 bits per heavy atom. The van der Waals surface area contributed by atoms with Crippen molar-refractivity contribution in [3.8, 4) is 0 Å². The van der Waals surface area contributed by atoms with E-state index in [2.05, 4.69) is 44.8 Å². The lowest BCUT2D eigenvalue weighted by atomic mass is 9.81. The number of allylic oxidation sites excluding steroid dienone is 1. The summed E-state index contributed by atoms with van der Waals surface area (Å²) in [5.41, 5.74) is 3.88. The van der Waals surface area contributed by atoms with Crippen molar-refractivity contribution in [3.05, 3.63) is 11.3 Å². The van der Waals surface area contributed by atoms with Crippen LogP contribution in [0.2, 0.25) is 39.3 Å². The number of carbonyl (C=O) groups excluding carboxylic acids is 1. The molecule has 7 heteroatoms. The Morgan fingerprint density at radius 1 is 1.04 bits per heavy atom. The van der Waals surface area contributed by atoms with E-state index < -0.39 is 16.6 Å². The Hall–Kier alpha value is -0.636. The maximum Gasteiger partial charge on any atom is 0.339 e. The molecule has 0 aromatic carbocycles. The molecule has 0 amide bonds. The Morgan fingerprint density at radius 2 is 1.62 bits per heavy atom. The average Bonchev–Trinajstić information content (AvgIpc) is 2.49. The minimum atomic E-state index is -1.83. The number of rotatable bonds is 9. The summed E-state index contributed by atoms with van der Waals surface area (Å²) in [6, 6.07) is -0.183. The highest BCUT2D eigenvalue weighted by molar-refractivity contribution is 6.70. The lowest BCUT2D eigenvalue weighted by Gasteiger charge is -2.35. The molecule has 26 heavy (non-hydrogen) atoms. The van der Waals surface area contributed by atoms with Gasteiger partial charge >= 0.3 is 5.97 Å². The SMILES string of the molecule is CCOC(=O)/C(=C(/C)O[Si](C)(C)C)C(NO[Si](C)(C)C)C1CCCCC1. The molecule has 5 nitrogen and oxygen atoms in total. The number of carbonyl (C=O) groups is 1. The van der Waals surface area contributed by atoms with Gasteiger partial charge in [0.05, 0.1) is 24.0 Å². The fourth-order valence-electron chi connectivity index (χ4n) is 3.31. The topological polar surface area (TPSA) is 56.8 Å². The van der Waals surface area contributed by atoms with E-state index in [1.807, 2.05) is 13.8 Å². The van der Waals surface area contributed by atoms with Crippen LogP contribution in [0.25, 0.3) is 0 Å². The maximum atomic E-state index is 12.9. The van der Waals surface area contributed by atoms with Gasteiger partial charge in [0.1, 0.15) is 0 Å². The highest BCUT2D eigenvalue weighted by Gasteiger charge is 2.35. The molecule has 1 fully saturated rings. The molecule has 0 heterocycles. The van der Waals surface area contributed by atoms with E-state index in [0.717, 1.165) is 12.8 Å². The summed E-state index contributed by atoms with van der Waals surface area (Å²) in [7, 11) is -3.61. The average molecular weight is 402 g/mol. The first-order valence-electron chi connectivity index (χ1n) is 9.95. The van der Waals surface area contributed by atoms with Crippen LogP contribution in [-0.2, 0) is 18.5 Å². The lowest BCUT2D eigenvalue weighted by molar-refractivity contribution is -0.139. The van der Waals surface area contributed by atoms with Crippen molar-refractivity contribution in [2.45, 2.75) is 91.3 Å². The third-order valence-electron chi connectivity index (χ3n) is 4.26. The van der Waals surface area contributed by atoms with Gasteiger partial charge in [0.25, 0.3) is 0 Å². The largest absolute Gasteiger partial charge is 0.547 e. The summed E-state index contributed by atoms with van der Waals surface area (Å²) in [5.74, 6) is 0.759. The molecular formula is C19H39NO4Si2. The Bertz CT molecular complexity index is 489. The molecule has 1 rings (SSSR count). The molecule has 0 aliphatic heterocycles. The van der Waals surface area contributed by atoms with Crippen LogP contribution < -0.4 is 5.48 Å². The molecule has 0 bridgehead atoms. The predicted molar refractivity (Wildman–Crippen MR) is 112 cm³/mol. The molecule has 1 aliphatic carbocycles. The van der Waals surface area contributed by atoms with Gasteiger partial charge in [-0.2, -0.15) is 0 Å². The van der Waals surface area contributed by atoms with Crippen LogP contribution in [-0.4, -0.2) is 35.3 Å². The Labute approximate surface area is 162 Å². The summed E-state index contributed by atoms with van der Waals surface area (Å²) >= 11 is 0. The first-order chi connectivity index (χ1) is 11.9. The van der Waals surface area contributed by atoms with E-state index >= 15 is 0 Å². The van der Waals surface area contributed by atoms with Gasteiger partial charge in [-0.25, -0.2) is 10.3 Å². The second-order valence-corrected chi connectivity index (χ2v) is 18.0. The van der Waals surface area contributed by atoms with Crippen molar-refractivity contribution in [3.63, 3.8) is 0 Å². The van der Waals surface area contributed by atoms with Gasteiger partial charge in [-0.15, -0.1) is 0 Å². The van der Waals surface area contributed by atoms with Crippen LogP contribution in [0.15, 0.2) is 11.3 Å². The van der Waals surface area contributed by atoms with E-state index in [0.29, 0.717) is 23.9 Å². The highest BCUT2D eigenvalue weighted by atomic mass is 28.4. The smallest absolute Gasteiger partial charge is 0.339 e. The quantitative estimate of drug-likeness (QED) is 0.194. The third kappa shape index (κ3) is 8.37. The molecule has 1 aliphatic rings. The number of hydrogen-bond acceptors (Lipinski definition) is 5. The molecule has 1 atom stereocenters. The van der Waals surface area contributed by atoms with E-state index in [9.17, 15) is 4.79 Å². The van der Waals surface area contributed by atoms with Gasteiger partial charge in [0.2, 0.25) is 16.6 Å². The van der Waals surface area contributed by atoms with Crippen molar-refractivity contribution < 1.29 is 18.5 Å². The standard InChI is InChI=1S/C19H39NO4Si2/c1-9-22-19(21)17(15(2)23-25(3,4)5)18(20-24-26(6,7)8)16-13-11-10-12-14-16/h16,18,20H,9-14H2,1-8H3/b17-15-. The fourth-order valence-corrected chi connectivity index (χ4v) is 4.82. The van der Waals surface area contributed by atoms with Crippen LogP contribution in [0.5, 0.6) is 0 Å². The minimum Gasteiger partial charge on any atom is -0.547 e. The van der Waals surface area contributed by atoms with Crippen molar-refractivity contribution in [2.75, 3.05) is 6.61 Å². The van der Waals surface area contributed by atoms with Crippen LogP contribution in [0.4, 0.5) is 0 Å². The molecule has 1 saturated carbocycles. The summed E-state index contributed by atoms with van der Waals surface area (Å²) in [4.78, 5) is 12.9. The second kappa shape index (κ2) is 10.1. The second-order valence-electron chi connectivity index (χ2n) is 9.11. The van der Waals surface area contributed by atoms with Gasteiger partial charge in [0.15, 0.2) is 0 Å². The number of hydroxylamine groups is 1. The molecule has 1 N–H and O–H groups in total. The van der Waals surface area contributed by atoms with E-state index in [1.54, 1.807) is 0 Å². The highest BCUT2D eigenvalue weighted by Crippen LogP contribution is 2.32. The van der Waals surface area contributed by atoms with Crippen molar-refractivity contribution >= 4 is 22.6 Å². The molecule has 152 valence electrons. The molecule has 0 spiro atoms. The molecule has 1 unspecified atom stereocenters. The van der Waals surface area contributed by atoms with Crippen molar-refractivity contribution in [2.24, 2.45) is 5.92 Å². The third-order valence-corrected chi connectivity index (χ3v) is 5.91. The van der Waals surface area contributed by atoms with Crippen LogP contribution in [0.3, 0.4) is 0 Å². The van der Waals surface area contributed by atoms with E-state index in [1.165, 1.54) is 19.3 Å². The predicted octanol–water partition coefficient (Wildman–Crippen LogP) is 4.98. The van der Waals surface area contributed by atoms with E-state index in [-0.39, 0.29) is 12.0 Å².